The molecule has 0 aromatic heterocycles. The summed E-state index contributed by atoms with van der Waals surface area (Å²) in [5.41, 5.74) is 3.59. The number of nitrogens with zero attached hydrogens (tertiary/aromatic N) is 1. The fourth-order valence-electron chi connectivity index (χ4n) is 3.66. The van der Waals surface area contributed by atoms with Crippen molar-refractivity contribution >= 4 is 11.8 Å². The van der Waals surface area contributed by atoms with Gasteiger partial charge in [0.15, 0.2) is 0 Å². The monoisotopic (exact) mass is 326 g/mol. The molecule has 3 atom stereocenters. The molecule has 124 valence electrons. The second-order valence-corrected chi connectivity index (χ2v) is 6.22. The summed E-state index contributed by atoms with van der Waals surface area (Å²) in [6.45, 7) is 1.71. The van der Waals surface area contributed by atoms with Crippen LogP contribution in [0.15, 0.2) is 47.7 Å². The topological polar surface area (TPSA) is 67.9 Å². The molecule has 1 N–H and O–H groups in total. The number of hydrogen-bond acceptors (Lipinski definition) is 4. The molecular weight excluding hydrogens is 308 g/mol. The summed E-state index contributed by atoms with van der Waals surface area (Å²) in [5.74, 6) is -0.288. The highest BCUT2D eigenvalue weighted by atomic mass is 16.7. The van der Waals surface area contributed by atoms with Crippen LogP contribution in [0.1, 0.15) is 24.1 Å². The minimum atomic E-state index is -0.648. The third-order valence-corrected chi connectivity index (χ3v) is 4.87. The van der Waals surface area contributed by atoms with Crippen molar-refractivity contribution in [3.8, 4) is 0 Å². The zero-order chi connectivity index (χ0) is 16.8. The van der Waals surface area contributed by atoms with E-state index < -0.39 is 6.23 Å². The first-order chi connectivity index (χ1) is 11.6. The van der Waals surface area contributed by atoms with Crippen molar-refractivity contribution in [2.24, 2.45) is 5.92 Å². The van der Waals surface area contributed by atoms with Crippen LogP contribution in [0, 0.1) is 5.92 Å². The Bertz CT molecular complexity index is 783. The highest BCUT2D eigenvalue weighted by Gasteiger charge is 2.44. The first-order valence-corrected chi connectivity index (χ1v) is 7.90. The van der Waals surface area contributed by atoms with E-state index in [1.807, 2.05) is 12.1 Å². The molecule has 2 heterocycles. The normalized spacial score (nSPS) is 29.6. The van der Waals surface area contributed by atoms with Crippen LogP contribution in [0.5, 0.6) is 0 Å². The quantitative estimate of drug-likeness (QED) is 0.677. The molecule has 3 aliphatic rings. The molecule has 24 heavy (non-hydrogen) atoms. The van der Waals surface area contributed by atoms with Crippen LogP contribution in [-0.2, 0) is 25.6 Å². The maximum absolute atomic E-state index is 12.3. The fraction of sp³-hybridized carbons (Fsp3) is 0.333. The van der Waals surface area contributed by atoms with Crippen molar-refractivity contribution in [3.05, 3.63) is 58.9 Å². The Morgan fingerprint density at radius 3 is 2.88 bits per heavy atom. The molecule has 1 saturated heterocycles. The van der Waals surface area contributed by atoms with E-state index in [2.05, 4.69) is 17.4 Å². The van der Waals surface area contributed by atoms with E-state index in [0.29, 0.717) is 11.1 Å². The molecule has 0 bridgehead atoms. The van der Waals surface area contributed by atoms with E-state index in [4.69, 9.17) is 9.57 Å². The molecule has 2 aliphatic heterocycles. The van der Waals surface area contributed by atoms with Gasteiger partial charge in [0.05, 0.1) is 25.0 Å². The number of benzene rings is 1. The Kier molecular flexibility index (Phi) is 3.42. The lowest BCUT2D eigenvalue weighted by Gasteiger charge is -2.21. The summed E-state index contributed by atoms with van der Waals surface area (Å²) in [6.07, 6.45) is 3.31. The van der Waals surface area contributed by atoms with E-state index in [1.165, 1.54) is 24.5 Å². The van der Waals surface area contributed by atoms with Gasteiger partial charge in [-0.1, -0.05) is 24.3 Å². The second-order valence-electron chi connectivity index (χ2n) is 6.22. The van der Waals surface area contributed by atoms with Crippen molar-refractivity contribution in [2.75, 3.05) is 7.11 Å². The van der Waals surface area contributed by atoms with Gasteiger partial charge in [0.1, 0.15) is 0 Å². The zero-order valence-electron chi connectivity index (χ0n) is 13.5. The van der Waals surface area contributed by atoms with Gasteiger partial charge in [0.25, 0.3) is 11.8 Å². The highest BCUT2D eigenvalue weighted by Crippen LogP contribution is 2.44. The maximum Gasteiger partial charge on any atom is 0.276 e. The lowest BCUT2D eigenvalue weighted by molar-refractivity contribution is -0.201. The average Bonchev–Trinajstić information content (AvgIpc) is 3.16. The molecule has 0 spiro atoms. The fourth-order valence-corrected chi connectivity index (χ4v) is 3.66. The predicted octanol–water partition coefficient (Wildman–Crippen LogP) is 1.61. The van der Waals surface area contributed by atoms with Crippen LogP contribution in [0.2, 0.25) is 0 Å². The average molecular weight is 326 g/mol. The Morgan fingerprint density at radius 1 is 1.29 bits per heavy atom. The van der Waals surface area contributed by atoms with Crippen LogP contribution in [0.25, 0.3) is 0 Å². The highest BCUT2D eigenvalue weighted by molar-refractivity contribution is 5.97. The van der Waals surface area contributed by atoms with E-state index >= 15 is 0 Å². The lowest BCUT2D eigenvalue weighted by atomic mass is 9.97. The van der Waals surface area contributed by atoms with Crippen molar-refractivity contribution in [1.82, 2.24) is 10.4 Å². The standard InChI is InChI=1S/C18H18N2O4/c1-10-7-15(20(23-2)18(10)22)24-9-14-13-8-11-5-3-4-6-12(11)16(13)19-17(14)21/h3-7,9,13,15-16H,8H2,1-2H3,(H,19,21). The largest absolute Gasteiger partial charge is 0.472 e. The summed E-state index contributed by atoms with van der Waals surface area (Å²) in [4.78, 5) is 29.2. The second kappa shape index (κ2) is 5.49. The molecular formula is C18H18N2O4. The third kappa shape index (κ3) is 2.14. The lowest BCUT2D eigenvalue weighted by Crippen LogP contribution is -2.34. The summed E-state index contributed by atoms with van der Waals surface area (Å²) in [6, 6.07) is 8.14. The molecule has 1 fully saturated rings. The van der Waals surface area contributed by atoms with Crippen LogP contribution in [-0.4, -0.2) is 30.2 Å². The van der Waals surface area contributed by atoms with Gasteiger partial charge in [-0.05, 0) is 30.5 Å². The van der Waals surface area contributed by atoms with Crippen LogP contribution < -0.4 is 5.32 Å². The number of hydroxylamine groups is 2. The van der Waals surface area contributed by atoms with Crippen LogP contribution >= 0.6 is 0 Å². The van der Waals surface area contributed by atoms with Gasteiger partial charge >= 0.3 is 0 Å². The van der Waals surface area contributed by atoms with Crippen LogP contribution in [0.3, 0.4) is 0 Å². The molecule has 6 heteroatoms. The number of carbonyl (C=O) groups is 2. The number of ether oxygens (including phenoxy) is 1. The van der Waals surface area contributed by atoms with Gasteiger partial charge in [-0.25, -0.2) is 0 Å². The Labute approximate surface area is 139 Å². The molecule has 4 rings (SSSR count). The van der Waals surface area contributed by atoms with E-state index in [1.54, 1.807) is 13.0 Å². The van der Waals surface area contributed by atoms with Crippen molar-refractivity contribution in [2.45, 2.75) is 25.6 Å². The predicted molar refractivity (Wildman–Crippen MR) is 85.1 cm³/mol. The number of carbonyl (C=O) groups excluding carboxylic acids is 2. The Hall–Kier alpha value is -2.60. The number of fused-ring (bicyclic) bond motifs is 3. The number of nitrogens with one attached hydrogen (secondary N) is 1. The van der Waals surface area contributed by atoms with E-state index in [-0.39, 0.29) is 23.8 Å². The maximum atomic E-state index is 12.3. The Balaban J connectivity index is 1.56. The number of amides is 2. The van der Waals surface area contributed by atoms with E-state index in [0.717, 1.165) is 11.5 Å². The minimum Gasteiger partial charge on any atom is -0.472 e. The van der Waals surface area contributed by atoms with Gasteiger partial charge in [-0.3, -0.25) is 14.4 Å². The molecule has 0 radical (unpaired) electrons. The van der Waals surface area contributed by atoms with Gasteiger partial charge in [0, 0.05) is 11.5 Å². The van der Waals surface area contributed by atoms with Crippen LogP contribution in [0.4, 0.5) is 0 Å². The first-order valence-electron chi connectivity index (χ1n) is 7.90. The first kappa shape index (κ1) is 15.0. The van der Waals surface area contributed by atoms with Gasteiger partial charge in [0.2, 0.25) is 6.23 Å². The SMILES string of the molecule is CON1C(=O)C(C)=CC1OC=C1C(=O)NC2c3ccccc3CC12. The zero-order valence-corrected chi connectivity index (χ0v) is 13.5. The summed E-state index contributed by atoms with van der Waals surface area (Å²) < 4.78 is 5.69. The molecule has 6 nitrogen and oxygen atoms in total. The summed E-state index contributed by atoms with van der Waals surface area (Å²) >= 11 is 0. The molecule has 1 aliphatic carbocycles. The molecule has 1 aromatic rings. The van der Waals surface area contributed by atoms with E-state index in [9.17, 15) is 9.59 Å². The number of rotatable bonds is 3. The number of hydrogen-bond donors (Lipinski definition) is 1. The molecule has 3 unspecified atom stereocenters. The van der Waals surface area contributed by atoms with Crippen molar-refractivity contribution in [3.63, 3.8) is 0 Å². The molecule has 1 aromatic carbocycles. The minimum absolute atomic E-state index is 0.00423. The Morgan fingerprint density at radius 2 is 2.08 bits per heavy atom. The third-order valence-electron chi connectivity index (χ3n) is 4.87. The summed E-state index contributed by atoms with van der Waals surface area (Å²) in [5, 5.41) is 4.18. The van der Waals surface area contributed by atoms with Gasteiger partial charge in [-0.15, -0.1) is 0 Å². The smallest absolute Gasteiger partial charge is 0.276 e. The molecule has 2 amide bonds. The van der Waals surface area contributed by atoms with Crippen molar-refractivity contribution in [1.29, 1.82) is 0 Å². The van der Waals surface area contributed by atoms with Gasteiger partial charge in [-0.2, -0.15) is 5.06 Å². The molecule has 0 saturated carbocycles. The van der Waals surface area contributed by atoms with Crippen molar-refractivity contribution < 1.29 is 19.2 Å². The van der Waals surface area contributed by atoms with Gasteiger partial charge < -0.3 is 10.1 Å². The summed E-state index contributed by atoms with van der Waals surface area (Å²) in [7, 11) is 1.42.